The van der Waals surface area contributed by atoms with Crippen LogP contribution in [0.15, 0.2) is 60.7 Å². The molecule has 8 heteroatoms. The minimum Gasteiger partial charge on any atom is -0.366 e. The Morgan fingerprint density at radius 3 is 2.30 bits per heavy atom. The highest BCUT2D eigenvalue weighted by Crippen LogP contribution is 2.30. The average molecular weight is 423 g/mol. The van der Waals surface area contributed by atoms with E-state index in [0.717, 1.165) is 15.4 Å². The molecule has 0 spiro atoms. The number of nitrogens with two attached hydrogens (primary N) is 2. The molecule has 0 saturated carbocycles. The van der Waals surface area contributed by atoms with E-state index < -0.39 is 5.91 Å². The molecule has 0 aliphatic rings. The average Bonchev–Trinajstić information content (AvgIpc) is 3.16. The summed E-state index contributed by atoms with van der Waals surface area (Å²) in [4.78, 5) is 36.8. The van der Waals surface area contributed by atoms with Crippen LogP contribution in [-0.4, -0.2) is 17.7 Å². The Labute approximate surface area is 178 Å². The van der Waals surface area contributed by atoms with E-state index in [0.29, 0.717) is 34.7 Å². The summed E-state index contributed by atoms with van der Waals surface area (Å²) < 4.78 is 0. The Morgan fingerprint density at radius 1 is 1.03 bits per heavy atom. The number of amides is 3. The molecular weight excluding hydrogens is 400 g/mol. The van der Waals surface area contributed by atoms with Crippen LogP contribution in [0.2, 0.25) is 0 Å². The monoisotopic (exact) mass is 422 g/mol. The van der Waals surface area contributed by atoms with Gasteiger partial charge in [0.2, 0.25) is 5.91 Å². The van der Waals surface area contributed by atoms with Crippen LogP contribution in [-0.2, 0) is 11.2 Å². The van der Waals surface area contributed by atoms with Crippen molar-refractivity contribution < 1.29 is 14.4 Å². The maximum absolute atomic E-state index is 12.6. The maximum atomic E-state index is 12.6. The minimum atomic E-state index is -0.589. The van der Waals surface area contributed by atoms with Crippen molar-refractivity contribution in [3.05, 3.63) is 82.2 Å². The molecule has 0 fully saturated rings. The van der Waals surface area contributed by atoms with Crippen molar-refractivity contribution in [2.75, 3.05) is 10.3 Å². The summed E-state index contributed by atoms with van der Waals surface area (Å²) in [5.41, 5.74) is 7.74. The molecule has 0 radical (unpaired) electrons. The number of carbonyl (C=O) groups is 3. The fourth-order valence-corrected chi connectivity index (χ4v) is 3.94. The van der Waals surface area contributed by atoms with E-state index in [2.05, 4.69) is 5.32 Å². The molecule has 7 nitrogen and oxygen atoms in total. The molecule has 0 unspecified atom stereocenters. The summed E-state index contributed by atoms with van der Waals surface area (Å²) >= 11 is 1.31. The number of rotatable bonds is 7. The first-order valence-electron chi connectivity index (χ1n) is 9.34. The van der Waals surface area contributed by atoms with E-state index in [-0.39, 0.29) is 11.8 Å². The SMILES string of the molecule is CCC(=O)Nc1sc(Cc2ccc(C(=O)N(N)c3ccccc3)cc2)cc1C(N)=O. The molecular formula is C22H22N4O3S. The van der Waals surface area contributed by atoms with Crippen molar-refractivity contribution in [1.29, 1.82) is 0 Å². The zero-order chi connectivity index (χ0) is 21.7. The number of nitrogens with one attached hydrogen (secondary N) is 1. The van der Waals surface area contributed by atoms with Gasteiger partial charge in [-0.1, -0.05) is 37.3 Å². The molecule has 30 heavy (non-hydrogen) atoms. The number of benzene rings is 2. The van der Waals surface area contributed by atoms with Gasteiger partial charge in [-0.3, -0.25) is 14.4 Å². The fraction of sp³-hybridized carbons (Fsp3) is 0.136. The van der Waals surface area contributed by atoms with Gasteiger partial charge in [-0.15, -0.1) is 11.3 Å². The predicted molar refractivity (Wildman–Crippen MR) is 118 cm³/mol. The largest absolute Gasteiger partial charge is 0.366 e. The highest BCUT2D eigenvalue weighted by molar-refractivity contribution is 7.16. The highest BCUT2D eigenvalue weighted by atomic mass is 32.1. The number of primary amides is 1. The van der Waals surface area contributed by atoms with Gasteiger partial charge in [-0.05, 0) is 35.9 Å². The normalized spacial score (nSPS) is 10.5. The molecule has 1 aromatic heterocycles. The number of hydrazine groups is 1. The van der Waals surface area contributed by atoms with Crippen LogP contribution in [0.25, 0.3) is 0 Å². The lowest BCUT2D eigenvalue weighted by Gasteiger charge is -2.16. The molecule has 5 N–H and O–H groups in total. The summed E-state index contributed by atoms with van der Waals surface area (Å²) in [5, 5.41) is 4.28. The highest BCUT2D eigenvalue weighted by Gasteiger charge is 2.17. The first-order valence-corrected chi connectivity index (χ1v) is 10.2. The van der Waals surface area contributed by atoms with Crippen LogP contribution < -0.4 is 21.9 Å². The minimum absolute atomic E-state index is 0.182. The second-order valence-corrected chi connectivity index (χ2v) is 7.74. The predicted octanol–water partition coefficient (Wildman–Crippen LogP) is 3.31. The second-order valence-electron chi connectivity index (χ2n) is 6.61. The molecule has 0 bridgehead atoms. The van der Waals surface area contributed by atoms with Gasteiger partial charge in [0, 0.05) is 23.3 Å². The zero-order valence-electron chi connectivity index (χ0n) is 16.4. The Hall–Kier alpha value is -3.49. The molecule has 0 aliphatic carbocycles. The number of carbonyl (C=O) groups excluding carboxylic acids is 3. The number of thiophene rings is 1. The van der Waals surface area contributed by atoms with Crippen LogP contribution in [0.1, 0.15) is 44.5 Å². The molecule has 0 aliphatic heterocycles. The van der Waals surface area contributed by atoms with Crippen molar-refractivity contribution in [1.82, 2.24) is 0 Å². The van der Waals surface area contributed by atoms with Gasteiger partial charge in [-0.25, -0.2) is 10.9 Å². The van der Waals surface area contributed by atoms with Crippen LogP contribution in [0.3, 0.4) is 0 Å². The molecule has 1 heterocycles. The van der Waals surface area contributed by atoms with Gasteiger partial charge in [0.25, 0.3) is 11.8 Å². The molecule has 0 atom stereocenters. The number of para-hydroxylation sites is 1. The number of nitrogens with zero attached hydrogens (tertiary/aromatic N) is 1. The topological polar surface area (TPSA) is 119 Å². The van der Waals surface area contributed by atoms with E-state index in [9.17, 15) is 14.4 Å². The van der Waals surface area contributed by atoms with Crippen molar-refractivity contribution in [3.63, 3.8) is 0 Å². The van der Waals surface area contributed by atoms with Gasteiger partial charge >= 0.3 is 0 Å². The smallest absolute Gasteiger partial charge is 0.272 e. The van der Waals surface area contributed by atoms with E-state index in [1.807, 2.05) is 30.3 Å². The lowest BCUT2D eigenvalue weighted by molar-refractivity contribution is -0.115. The number of hydrogen-bond acceptors (Lipinski definition) is 5. The fourth-order valence-electron chi connectivity index (χ4n) is 2.83. The molecule has 3 aromatic rings. The third kappa shape index (κ3) is 4.91. The van der Waals surface area contributed by atoms with Gasteiger partial charge in [0.15, 0.2) is 0 Å². The summed E-state index contributed by atoms with van der Waals surface area (Å²) in [6.07, 6.45) is 0.842. The first kappa shape index (κ1) is 21.2. The molecule has 0 saturated heterocycles. The summed E-state index contributed by atoms with van der Waals surface area (Å²) in [6.45, 7) is 1.73. The quantitative estimate of drug-likeness (QED) is 0.307. The Balaban J connectivity index is 1.74. The van der Waals surface area contributed by atoms with E-state index in [1.54, 1.807) is 37.3 Å². The van der Waals surface area contributed by atoms with Crippen LogP contribution >= 0.6 is 11.3 Å². The van der Waals surface area contributed by atoms with Gasteiger partial charge in [-0.2, -0.15) is 0 Å². The third-order valence-corrected chi connectivity index (χ3v) is 5.51. The van der Waals surface area contributed by atoms with Crippen molar-refractivity contribution >= 4 is 39.7 Å². The molecule has 154 valence electrons. The van der Waals surface area contributed by atoms with Crippen LogP contribution in [0, 0.1) is 0 Å². The van der Waals surface area contributed by atoms with E-state index in [1.165, 1.54) is 11.3 Å². The molecule has 3 amide bonds. The summed E-state index contributed by atoms with van der Waals surface area (Å²) in [5.74, 6) is 4.85. The van der Waals surface area contributed by atoms with E-state index in [4.69, 9.17) is 11.6 Å². The maximum Gasteiger partial charge on any atom is 0.272 e. The van der Waals surface area contributed by atoms with Crippen molar-refractivity contribution in [2.24, 2.45) is 11.6 Å². The van der Waals surface area contributed by atoms with Gasteiger partial charge < -0.3 is 11.1 Å². The van der Waals surface area contributed by atoms with Crippen LogP contribution in [0.5, 0.6) is 0 Å². The lowest BCUT2D eigenvalue weighted by atomic mass is 10.1. The van der Waals surface area contributed by atoms with E-state index >= 15 is 0 Å². The number of hydrogen-bond donors (Lipinski definition) is 3. The van der Waals surface area contributed by atoms with Gasteiger partial charge in [0.05, 0.1) is 11.3 Å². The second kappa shape index (κ2) is 9.34. The Kier molecular flexibility index (Phi) is 6.61. The third-order valence-electron chi connectivity index (χ3n) is 4.46. The summed E-state index contributed by atoms with van der Waals surface area (Å²) in [6, 6.07) is 17.8. The van der Waals surface area contributed by atoms with Crippen molar-refractivity contribution in [2.45, 2.75) is 19.8 Å². The van der Waals surface area contributed by atoms with Crippen molar-refractivity contribution in [3.8, 4) is 0 Å². The number of anilines is 2. The van der Waals surface area contributed by atoms with Crippen LogP contribution in [0.4, 0.5) is 10.7 Å². The zero-order valence-corrected chi connectivity index (χ0v) is 17.2. The van der Waals surface area contributed by atoms with Gasteiger partial charge in [0.1, 0.15) is 5.00 Å². The standard InChI is InChI=1S/C22H22N4O3S/c1-2-19(27)25-21-18(20(23)28)13-17(30-21)12-14-8-10-15(11-9-14)22(29)26(24)16-6-4-3-5-7-16/h3-11,13H,2,12,24H2,1H3,(H2,23,28)(H,25,27). The Morgan fingerprint density at radius 2 is 1.70 bits per heavy atom. The lowest BCUT2D eigenvalue weighted by Crippen LogP contribution is -2.37. The molecule has 3 rings (SSSR count). The summed E-state index contributed by atoms with van der Waals surface area (Å²) in [7, 11) is 0. The molecule has 2 aromatic carbocycles. The first-order chi connectivity index (χ1) is 14.4. The Bertz CT molecular complexity index is 1060.